The molecule has 2 aromatic carbocycles. The Morgan fingerprint density at radius 1 is 0.931 bits per heavy atom. The van der Waals surface area contributed by atoms with Crippen molar-refractivity contribution in [1.29, 1.82) is 0 Å². The van der Waals surface area contributed by atoms with Gasteiger partial charge >= 0.3 is 12.1 Å². The van der Waals surface area contributed by atoms with Crippen molar-refractivity contribution in [3.05, 3.63) is 78.1 Å². The number of aryl methyl sites for hydroxylation is 1. The molecule has 0 radical (unpaired) electrons. The molecule has 3 amide bonds. The van der Waals surface area contributed by atoms with Crippen molar-refractivity contribution in [3.8, 4) is 16.9 Å². The zero-order chi connectivity index (χ0) is 41.9. The van der Waals surface area contributed by atoms with Crippen LogP contribution in [0.25, 0.3) is 11.1 Å². The topological polar surface area (TPSA) is 171 Å². The van der Waals surface area contributed by atoms with Crippen LogP contribution in [0.2, 0.25) is 0 Å². The molecule has 2 atom stereocenters. The van der Waals surface area contributed by atoms with E-state index in [0.717, 1.165) is 24.8 Å². The first-order valence-corrected chi connectivity index (χ1v) is 21.3. The van der Waals surface area contributed by atoms with Gasteiger partial charge in [0, 0.05) is 56.1 Å². The number of methoxy groups -OCH3 is 1. The molecule has 2 fully saturated rings. The summed E-state index contributed by atoms with van der Waals surface area (Å²) in [5.41, 5.74) is 2.26. The molecule has 58 heavy (non-hydrogen) atoms. The van der Waals surface area contributed by atoms with E-state index in [1.165, 1.54) is 19.2 Å². The van der Waals surface area contributed by atoms with Gasteiger partial charge in [-0.15, -0.1) is 0 Å². The fourth-order valence-corrected chi connectivity index (χ4v) is 8.01. The van der Waals surface area contributed by atoms with Crippen LogP contribution in [0.4, 0.5) is 4.79 Å². The highest BCUT2D eigenvalue weighted by Gasteiger charge is 2.32. The predicted molar refractivity (Wildman–Crippen MR) is 216 cm³/mol. The van der Waals surface area contributed by atoms with Crippen molar-refractivity contribution in [2.45, 2.75) is 89.2 Å². The van der Waals surface area contributed by atoms with E-state index in [2.05, 4.69) is 10.3 Å². The number of amides is 3. The Bertz CT molecular complexity index is 1990. The predicted octanol–water partition coefficient (Wildman–Crippen LogP) is 6.23. The summed E-state index contributed by atoms with van der Waals surface area (Å²) in [6, 6.07) is 14.6. The molecule has 1 N–H and O–H groups in total. The maximum atomic E-state index is 13.8. The maximum absolute atomic E-state index is 13.8. The molecule has 0 spiro atoms. The second-order valence-corrected chi connectivity index (χ2v) is 17.5. The van der Waals surface area contributed by atoms with E-state index < -0.39 is 33.6 Å². The summed E-state index contributed by atoms with van der Waals surface area (Å²) >= 11 is 0. The quantitative estimate of drug-likeness (QED) is 0.105. The Hall–Kier alpha value is -5.02. The molecule has 14 nitrogen and oxygen atoms in total. The van der Waals surface area contributed by atoms with Crippen molar-refractivity contribution in [2.24, 2.45) is 11.8 Å². The normalized spacial score (nSPS) is 16.9. The Kier molecular flexibility index (Phi) is 15.3. The molecule has 15 heteroatoms. The lowest BCUT2D eigenvalue weighted by atomic mass is 9.91. The number of benzene rings is 2. The zero-order valence-corrected chi connectivity index (χ0v) is 34.9. The van der Waals surface area contributed by atoms with Crippen LogP contribution in [0.1, 0.15) is 82.9 Å². The molecule has 2 aliphatic heterocycles. The Morgan fingerprint density at radius 3 is 2.36 bits per heavy atom. The number of para-hydroxylation sites is 1. The first-order chi connectivity index (χ1) is 27.6. The standard InChI is InChI=1S/C43H56N4O10S/c1-30-12-15-35(16-13-30)58(52,53)56-24-23-55-38-11-7-6-10-36(38)33-25-34(28-44-27-33)37(26-40(49)54-5)45-41(50)32-9-8-20-47(29-32)39(48)17-14-31-18-21-46(22-19-31)42(51)57-43(2,3)4/h6-7,10-13,15-16,25,27-28,31-32,37H,8-9,14,17-24,26,29H2,1-5H3,(H,45,50). The number of likely N-dealkylation sites (tertiary alicyclic amines) is 2. The van der Waals surface area contributed by atoms with Crippen LogP contribution in [-0.4, -0.2) is 99.2 Å². The lowest BCUT2D eigenvalue weighted by molar-refractivity contribution is -0.141. The largest absolute Gasteiger partial charge is 0.490 e. The molecule has 0 bridgehead atoms. The van der Waals surface area contributed by atoms with Crippen LogP contribution >= 0.6 is 0 Å². The van der Waals surface area contributed by atoms with E-state index in [-0.39, 0.29) is 49.0 Å². The highest BCUT2D eigenvalue weighted by Crippen LogP contribution is 2.32. The number of carbonyl (C=O) groups is 4. The Balaban J connectivity index is 1.17. The third kappa shape index (κ3) is 12.7. The van der Waals surface area contributed by atoms with Crippen molar-refractivity contribution in [3.63, 3.8) is 0 Å². The molecule has 2 unspecified atom stereocenters. The SMILES string of the molecule is COC(=O)CC(NC(=O)C1CCCN(C(=O)CCC2CCN(C(=O)OC(C)(C)C)CC2)C1)c1cncc(-c2ccccc2OCCOS(=O)(=O)c2ccc(C)cc2)c1. The average molecular weight is 821 g/mol. The molecule has 2 aliphatic rings. The number of nitrogens with zero attached hydrogens (tertiary/aromatic N) is 3. The number of esters is 1. The number of aromatic nitrogens is 1. The monoisotopic (exact) mass is 820 g/mol. The lowest BCUT2D eigenvalue weighted by Crippen LogP contribution is -2.46. The number of hydrogen-bond acceptors (Lipinski definition) is 11. The third-order valence-electron chi connectivity index (χ3n) is 10.3. The molecular weight excluding hydrogens is 765 g/mol. The van der Waals surface area contributed by atoms with Crippen LogP contribution in [0.15, 0.2) is 71.9 Å². The second-order valence-electron chi connectivity index (χ2n) is 15.9. The molecule has 3 aromatic rings. The third-order valence-corrected chi connectivity index (χ3v) is 11.7. The number of hydrogen-bond donors (Lipinski definition) is 1. The fourth-order valence-electron chi connectivity index (χ4n) is 7.12. The van der Waals surface area contributed by atoms with Gasteiger partial charge < -0.3 is 29.3 Å². The number of piperidine rings is 2. The number of rotatable bonds is 15. The fraction of sp³-hybridized carbons (Fsp3) is 0.512. The number of ether oxygens (including phenoxy) is 3. The van der Waals surface area contributed by atoms with Crippen LogP contribution in [0.3, 0.4) is 0 Å². The first kappa shape index (κ1) is 44.1. The van der Waals surface area contributed by atoms with Gasteiger partial charge in [0.25, 0.3) is 10.1 Å². The van der Waals surface area contributed by atoms with Crippen molar-refractivity contribution >= 4 is 34.0 Å². The molecule has 1 aromatic heterocycles. The molecule has 3 heterocycles. The smallest absolute Gasteiger partial charge is 0.410 e. The van der Waals surface area contributed by atoms with Gasteiger partial charge in [0.2, 0.25) is 11.8 Å². The van der Waals surface area contributed by atoms with Crippen LogP contribution in [0.5, 0.6) is 5.75 Å². The molecule has 0 aliphatic carbocycles. The van der Waals surface area contributed by atoms with Crippen LogP contribution < -0.4 is 10.1 Å². The van der Waals surface area contributed by atoms with E-state index in [1.807, 2.05) is 45.9 Å². The Morgan fingerprint density at radius 2 is 1.66 bits per heavy atom. The minimum Gasteiger partial charge on any atom is -0.490 e. The van der Waals surface area contributed by atoms with Gasteiger partial charge in [0.1, 0.15) is 24.6 Å². The van der Waals surface area contributed by atoms with Gasteiger partial charge in [-0.1, -0.05) is 35.9 Å². The average Bonchev–Trinajstić information content (AvgIpc) is 3.21. The van der Waals surface area contributed by atoms with Crippen LogP contribution in [0, 0.1) is 18.8 Å². The number of carbonyl (C=O) groups excluding carboxylic acids is 4. The minimum atomic E-state index is -3.96. The second kappa shape index (κ2) is 20.1. The summed E-state index contributed by atoms with van der Waals surface area (Å²) in [5.74, 6) is -0.444. The lowest BCUT2D eigenvalue weighted by Gasteiger charge is -2.35. The van der Waals surface area contributed by atoms with Crippen molar-refractivity contribution in [1.82, 2.24) is 20.1 Å². The van der Waals surface area contributed by atoms with E-state index in [9.17, 15) is 27.6 Å². The molecule has 314 valence electrons. The highest BCUT2D eigenvalue weighted by atomic mass is 32.2. The van der Waals surface area contributed by atoms with Crippen LogP contribution in [-0.2, 0) is 38.2 Å². The number of pyridine rings is 1. The number of nitrogens with one attached hydrogen (secondary N) is 1. The summed E-state index contributed by atoms with van der Waals surface area (Å²) in [7, 11) is -2.67. The van der Waals surface area contributed by atoms with E-state index in [1.54, 1.807) is 46.5 Å². The maximum Gasteiger partial charge on any atom is 0.410 e. The van der Waals surface area contributed by atoms with Crippen molar-refractivity contribution in [2.75, 3.05) is 46.5 Å². The summed E-state index contributed by atoms with van der Waals surface area (Å²) in [6.45, 7) is 9.21. The van der Waals surface area contributed by atoms with Gasteiger partial charge in [-0.2, -0.15) is 8.42 Å². The summed E-state index contributed by atoms with van der Waals surface area (Å²) in [5, 5.41) is 3.04. The van der Waals surface area contributed by atoms with Gasteiger partial charge in [-0.3, -0.25) is 23.6 Å². The Labute approximate surface area is 341 Å². The van der Waals surface area contributed by atoms with E-state index >= 15 is 0 Å². The van der Waals surface area contributed by atoms with E-state index in [4.69, 9.17) is 18.4 Å². The zero-order valence-electron chi connectivity index (χ0n) is 34.1. The molecule has 2 saturated heterocycles. The van der Waals surface area contributed by atoms with Gasteiger partial charge in [0.05, 0.1) is 30.4 Å². The van der Waals surface area contributed by atoms with Gasteiger partial charge in [0.15, 0.2) is 0 Å². The minimum absolute atomic E-state index is 0.00965. The van der Waals surface area contributed by atoms with E-state index in [0.29, 0.717) is 67.3 Å². The summed E-state index contributed by atoms with van der Waals surface area (Å²) < 4.78 is 46.9. The first-order valence-electron chi connectivity index (χ1n) is 19.9. The highest BCUT2D eigenvalue weighted by molar-refractivity contribution is 7.86. The summed E-state index contributed by atoms with van der Waals surface area (Å²) in [4.78, 5) is 60.2. The summed E-state index contributed by atoms with van der Waals surface area (Å²) in [6.07, 6.45) is 6.77. The molecule has 5 rings (SSSR count). The molecule has 0 saturated carbocycles. The molecular formula is C43H56N4O10S. The van der Waals surface area contributed by atoms with Crippen molar-refractivity contribution < 1.29 is 46.0 Å². The van der Waals surface area contributed by atoms with Gasteiger partial charge in [-0.25, -0.2) is 4.79 Å². The van der Waals surface area contributed by atoms with Gasteiger partial charge in [-0.05, 0) is 95.5 Å².